The number of carbonyl (C=O) groups is 1. The molecule has 0 spiro atoms. The van der Waals surface area contributed by atoms with E-state index >= 15 is 0 Å². The van der Waals surface area contributed by atoms with Crippen molar-refractivity contribution < 1.29 is 4.79 Å². The van der Waals surface area contributed by atoms with Crippen molar-refractivity contribution in [1.29, 1.82) is 0 Å². The van der Waals surface area contributed by atoms with Crippen molar-refractivity contribution in [2.24, 2.45) is 5.10 Å². The van der Waals surface area contributed by atoms with E-state index in [1.54, 1.807) is 6.21 Å². The number of nitrogens with zero attached hydrogens (tertiary/aromatic N) is 2. The maximum Gasteiger partial charge on any atom is 0.224 e. The second-order valence-electron chi connectivity index (χ2n) is 5.69. The summed E-state index contributed by atoms with van der Waals surface area (Å²) >= 11 is 1.50. The minimum atomic E-state index is 0.0386. The predicted octanol–water partition coefficient (Wildman–Crippen LogP) is 4.99. The molecule has 2 N–H and O–H groups in total. The zero-order valence-electron chi connectivity index (χ0n) is 14.5. The van der Waals surface area contributed by atoms with Gasteiger partial charge in [0.1, 0.15) is 0 Å². The molecule has 6 heteroatoms. The van der Waals surface area contributed by atoms with Crippen LogP contribution in [0.5, 0.6) is 0 Å². The molecule has 2 aromatic carbocycles. The summed E-state index contributed by atoms with van der Waals surface area (Å²) in [4.78, 5) is 16.2. The predicted molar refractivity (Wildman–Crippen MR) is 109 cm³/mol. The first-order valence-corrected chi connectivity index (χ1v) is 9.32. The van der Waals surface area contributed by atoms with Gasteiger partial charge < -0.3 is 5.32 Å². The molecule has 3 rings (SSSR count). The van der Waals surface area contributed by atoms with Crippen LogP contribution < -0.4 is 10.7 Å². The average Bonchev–Trinajstić information content (AvgIpc) is 3.12. The van der Waals surface area contributed by atoms with Gasteiger partial charge in [0.25, 0.3) is 0 Å². The minimum absolute atomic E-state index is 0.0386. The standard InChI is InChI=1S/C20H20N4OS/c1-2-6-19(25)22-17-11-9-16(10-12-17)18-14-26-20(23-18)24-21-13-15-7-4-3-5-8-15/h3-5,7-14H,2,6H2,1H3,(H,22,25)(H,23,24)/b21-13+. The molecule has 1 amide bonds. The van der Waals surface area contributed by atoms with Crippen molar-refractivity contribution in [2.75, 3.05) is 10.7 Å². The summed E-state index contributed by atoms with van der Waals surface area (Å²) in [5, 5.41) is 9.80. The van der Waals surface area contributed by atoms with Gasteiger partial charge in [-0.05, 0) is 24.1 Å². The number of hydrogen-bond acceptors (Lipinski definition) is 5. The Kier molecular flexibility index (Phi) is 6.11. The molecular formula is C20H20N4OS. The van der Waals surface area contributed by atoms with Crippen molar-refractivity contribution in [1.82, 2.24) is 4.98 Å². The van der Waals surface area contributed by atoms with Crippen LogP contribution in [0.15, 0.2) is 65.1 Å². The van der Waals surface area contributed by atoms with E-state index in [0.717, 1.165) is 34.1 Å². The van der Waals surface area contributed by atoms with Gasteiger partial charge in [-0.25, -0.2) is 4.98 Å². The van der Waals surface area contributed by atoms with Gasteiger partial charge in [-0.2, -0.15) is 5.10 Å². The van der Waals surface area contributed by atoms with E-state index in [1.807, 2.05) is 66.9 Å². The van der Waals surface area contributed by atoms with Crippen molar-refractivity contribution in [2.45, 2.75) is 19.8 Å². The third-order valence-electron chi connectivity index (χ3n) is 3.62. The second-order valence-corrected chi connectivity index (χ2v) is 6.55. The van der Waals surface area contributed by atoms with E-state index in [2.05, 4.69) is 20.8 Å². The normalized spacial score (nSPS) is 10.8. The van der Waals surface area contributed by atoms with Crippen molar-refractivity contribution in [3.63, 3.8) is 0 Å². The van der Waals surface area contributed by atoms with Crippen LogP contribution in [-0.2, 0) is 4.79 Å². The Bertz CT molecular complexity index is 872. The van der Waals surface area contributed by atoms with Gasteiger partial charge in [0, 0.05) is 23.1 Å². The Labute approximate surface area is 156 Å². The summed E-state index contributed by atoms with van der Waals surface area (Å²) in [5.41, 5.74) is 6.65. The molecule has 0 aliphatic heterocycles. The maximum atomic E-state index is 11.6. The van der Waals surface area contributed by atoms with Crippen LogP contribution in [0.4, 0.5) is 10.8 Å². The smallest absolute Gasteiger partial charge is 0.224 e. The highest BCUT2D eigenvalue weighted by Gasteiger charge is 2.05. The lowest BCUT2D eigenvalue weighted by molar-refractivity contribution is -0.116. The van der Waals surface area contributed by atoms with Gasteiger partial charge in [-0.1, -0.05) is 49.4 Å². The Hall–Kier alpha value is -2.99. The lowest BCUT2D eigenvalue weighted by Crippen LogP contribution is -2.10. The number of anilines is 2. The maximum absolute atomic E-state index is 11.6. The Morgan fingerprint density at radius 2 is 1.92 bits per heavy atom. The molecular weight excluding hydrogens is 344 g/mol. The zero-order chi connectivity index (χ0) is 18.2. The molecule has 5 nitrogen and oxygen atoms in total. The Balaban J connectivity index is 1.60. The quantitative estimate of drug-likeness (QED) is 0.458. The number of thiazole rings is 1. The number of hydrogen-bond donors (Lipinski definition) is 2. The van der Waals surface area contributed by atoms with E-state index in [4.69, 9.17) is 0 Å². The number of aromatic nitrogens is 1. The van der Waals surface area contributed by atoms with Crippen LogP contribution in [0.3, 0.4) is 0 Å². The first kappa shape index (κ1) is 17.8. The number of amides is 1. The van der Waals surface area contributed by atoms with Crippen LogP contribution in [0.1, 0.15) is 25.3 Å². The zero-order valence-corrected chi connectivity index (χ0v) is 15.3. The molecule has 1 heterocycles. The fourth-order valence-electron chi connectivity index (χ4n) is 2.33. The minimum Gasteiger partial charge on any atom is -0.326 e. The molecule has 0 aliphatic rings. The lowest BCUT2D eigenvalue weighted by atomic mass is 10.1. The van der Waals surface area contributed by atoms with Crippen LogP contribution in [-0.4, -0.2) is 17.1 Å². The Morgan fingerprint density at radius 3 is 2.65 bits per heavy atom. The van der Waals surface area contributed by atoms with E-state index in [0.29, 0.717) is 6.42 Å². The highest BCUT2D eigenvalue weighted by atomic mass is 32.1. The molecule has 0 aliphatic carbocycles. The molecule has 0 saturated heterocycles. The number of nitrogens with one attached hydrogen (secondary N) is 2. The molecule has 0 atom stereocenters. The van der Waals surface area contributed by atoms with Crippen LogP contribution in [0.2, 0.25) is 0 Å². The van der Waals surface area contributed by atoms with Gasteiger partial charge in [0.05, 0.1) is 11.9 Å². The molecule has 0 fully saturated rings. The first-order valence-electron chi connectivity index (χ1n) is 8.44. The fourth-order valence-corrected chi connectivity index (χ4v) is 3.00. The second kappa shape index (κ2) is 8.92. The van der Waals surface area contributed by atoms with Crippen molar-refractivity contribution >= 4 is 34.3 Å². The summed E-state index contributed by atoms with van der Waals surface area (Å²) in [6.07, 6.45) is 3.13. The van der Waals surface area contributed by atoms with Gasteiger partial charge in [-0.15, -0.1) is 11.3 Å². The van der Waals surface area contributed by atoms with E-state index < -0.39 is 0 Å². The molecule has 1 aromatic heterocycles. The molecule has 0 radical (unpaired) electrons. The summed E-state index contributed by atoms with van der Waals surface area (Å²) in [6.45, 7) is 1.99. The molecule has 132 valence electrons. The average molecular weight is 364 g/mol. The van der Waals surface area contributed by atoms with Gasteiger partial charge in [-0.3, -0.25) is 10.2 Å². The van der Waals surface area contributed by atoms with Crippen LogP contribution in [0, 0.1) is 0 Å². The fraction of sp³-hybridized carbons (Fsp3) is 0.150. The number of benzene rings is 2. The monoisotopic (exact) mass is 364 g/mol. The summed E-state index contributed by atoms with van der Waals surface area (Å²) in [7, 11) is 0. The van der Waals surface area contributed by atoms with Gasteiger partial charge in [0.15, 0.2) is 0 Å². The molecule has 26 heavy (non-hydrogen) atoms. The number of hydrazone groups is 1. The van der Waals surface area contributed by atoms with E-state index in [9.17, 15) is 4.79 Å². The number of rotatable bonds is 7. The van der Waals surface area contributed by atoms with Crippen molar-refractivity contribution in [3.8, 4) is 11.3 Å². The third-order valence-corrected chi connectivity index (χ3v) is 4.37. The SMILES string of the molecule is CCCC(=O)Nc1ccc(-c2csc(N/N=C/c3ccccc3)n2)cc1. The largest absolute Gasteiger partial charge is 0.326 e. The summed E-state index contributed by atoms with van der Waals surface area (Å²) < 4.78 is 0. The third kappa shape index (κ3) is 5.00. The number of carbonyl (C=O) groups excluding carboxylic acids is 1. The highest BCUT2D eigenvalue weighted by molar-refractivity contribution is 7.14. The lowest BCUT2D eigenvalue weighted by Gasteiger charge is -2.04. The van der Waals surface area contributed by atoms with Gasteiger partial charge in [0.2, 0.25) is 11.0 Å². The summed E-state index contributed by atoms with van der Waals surface area (Å²) in [6, 6.07) is 17.6. The van der Waals surface area contributed by atoms with E-state index in [-0.39, 0.29) is 5.91 Å². The first-order chi connectivity index (χ1) is 12.7. The Morgan fingerprint density at radius 1 is 1.15 bits per heavy atom. The molecule has 0 bridgehead atoms. The highest BCUT2D eigenvalue weighted by Crippen LogP contribution is 2.26. The van der Waals surface area contributed by atoms with Gasteiger partial charge >= 0.3 is 0 Å². The molecule has 0 unspecified atom stereocenters. The summed E-state index contributed by atoms with van der Waals surface area (Å²) in [5.74, 6) is 0.0386. The van der Waals surface area contributed by atoms with Crippen LogP contribution >= 0.6 is 11.3 Å². The molecule has 0 saturated carbocycles. The topological polar surface area (TPSA) is 66.4 Å². The van der Waals surface area contributed by atoms with Crippen molar-refractivity contribution in [3.05, 3.63) is 65.5 Å². The molecule has 3 aromatic rings. The van der Waals surface area contributed by atoms with E-state index in [1.165, 1.54) is 11.3 Å². The van der Waals surface area contributed by atoms with Crippen LogP contribution in [0.25, 0.3) is 11.3 Å².